The van der Waals surface area contributed by atoms with Gasteiger partial charge in [0.05, 0.1) is 11.4 Å². The van der Waals surface area contributed by atoms with E-state index in [1.165, 1.54) is 0 Å². The van der Waals surface area contributed by atoms with Gasteiger partial charge in [0.25, 0.3) is 0 Å². The molecule has 10 aromatic rings. The Morgan fingerprint density at radius 3 is 1.76 bits per heavy atom. The molecule has 0 saturated heterocycles. The maximum absolute atomic E-state index is 6.68. The quantitative estimate of drug-likeness (QED) is 0.185. The molecule has 3 heterocycles. The monoisotopic (exact) mass is 654 g/mol. The van der Waals surface area contributed by atoms with E-state index in [-0.39, 0.29) is 0 Å². The second-order valence-corrected chi connectivity index (χ2v) is 12.9. The molecule has 0 bridgehead atoms. The zero-order valence-electron chi connectivity index (χ0n) is 27.8. The van der Waals surface area contributed by atoms with Crippen molar-refractivity contribution >= 4 is 43.9 Å². The van der Waals surface area contributed by atoms with Crippen LogP contribution in [0.3, 0.4) is 0 Å². The summed E-state index contributed by atoms with van der Waals surface area (Å²) in [5, 5.41) is 4.32. The topological polar surface area (TPSA) is 52.1 Å². The Balaban J connectivity index is 1.17. The molecule has 0 N–H and O–H groups in total. The van der Waals surface area contributed by atoms with Crippen molar-refractivity contribution in [3.05, 3.63) is 169 Å². The molecule has 0 radical (unpaired) electrons. The molecule has 0 spiro atoms. The Hall–Kier alpha value is -6.78. The van der Waals surface area contributed by atoms with E-state index in [0.717, 1.165) is 99.8 Å². The molecule has 0 unspecified atom stereocenters. The molecule has 0 saturated carbocycles. The molecule has 3 aromatic heterocycles. The average molecular weight is 655 g/mol. The molecule has 51 heavy (non-hydrogen) atoms. The lowest BCUT2D eigenvalue weighted by Gasteiger charge is -2.13. The van der Waals surface area contributed by atoms with Gasteiger partial charge in [0.1, 0.15) is 22.3 Å². The van der Waals surface area contributed by atoms with Crippen LogP contribution < -0.4 is 0 Å². The molecule has 0 aliphatic heterocycles. The van der Waals surface area contributed by atoms with Crippen molar-refractivity contribution in [2.45, 2.75) is 6.92 Å². The van der Waals surface area contributed by atoms with Gasteiger partial charge in [-0.15, -0.1) is 0 Å². The van der Waals surface area contributed by atoms with E-state index in [1.54, 1.807) is 0 Å². The summed E-state index contributed by atoms with van der Waals surface area (Å²) >= 11 is 0. The van der Waals surface area contributed by atoms with Gasteiger partial charge in [-0.05, 0) is 53.9 Å². The standard InChI is InChI=1S/C47H30N2O2/c1-29-44(31-16-7-3-8-17-31)48-47(32-18-9-4-10-19-32)49-45(29)33-24-25-38-41(28-33)50-40-23-13-21-35(42(38)40)36-27-26-34(30-14-5-2-6-15-30)43-37-20-11-12-22-39(37)51-46(36)43/h2-28H,1H3. The highest BCUT2D eigenvalue weighted by atomic mass is 16.3. The Morgan fingerprint density at radius 1 is 0.392 bits per heavy atom. The van der Waals surface area contributed by atoms with Crippen molar-refractivity contribution in [1.82, 2.24) is 9.97 Å². The van der Waals surface area contributed by atoms with Crippen LogP contribution in [0.1, 0.15) is 5.56 Å². The van der Waals surface area contributed by atoms with Crippen LogP contribution in [0.15, 0.2) is 173 Å². The predicted molar refractivity (Wildman–Crippen MR) is 209 cm³/mol. The minimum atomic E-state index is 0.691. The van der Waals surface area contributed by atoms with Crippen molar-refractivity contribution in [3.63, 3.8) is 0 Å². The summed E-state index contributed by atoms with van der Waals surface area (Å²) in [7, 11) is 0. The molecule has 0 atom stereocenters. The van der Waals surface area contributed by atoms with Gasteiger partial charge in [-0.2, -0.15) is 0 Å². The van der Waals surface area contributed by atoms with Crippen molar-refractivity contribution in [1.29, 1.82) is 0 Å². The highest BCUT2D eigenvalue weighted by Crippen LogP contribution is 2.45. The van der Waals surface area contributed by atoms with Crippen LogP contribution in [-0.2, 0) is 0 Å². The van der Waals surface area contributed by atoms with Crippen molar-refractivity contribution in [2.24, 2.45) is 0 Å². The summed E-state index contributed by atoms with van der Waals surface area (Å²) in [5.74, 6) is 0.691. The fraction of sp³-hybridized carbons (Fsp3) is 0.0213. The number of nitrogens with zero attached hydrogens (tertiary/aromatic N) is 2. The van der Waals surface area contributed by atoms with Gasteiger partial charge in [0.15, 0.2) is 5.82 Å². The van der Waals surface area contributed by atoms with Gasteiger partial charge in [-0.3, -0.25) is 0 Å². The normalized spacial score (nSPS) is 11.6. The lowest BCUT2D eigenvalue weighted by Crippen LogP contribution is -2.00. The van der Waals surface area contributed by atoms with Crippen LogP contribution in [0.4, 0.5) is 0 Å². The Labute approximate surface area is 294 Å². The number of benzene rings is 7. The number of hydrogen-bond donors (Lipinski definition) is 0. The Kier molecular flexibility index (Phi) is 6.68. The number of aromatic nitrogens is 2. The first kappa shape index (κ1) is 29.2. The van der Waals surface area contributed by atoms with Gasteiger partial charge in [-0.1, -0.05) is 133 Å². The van der Waals surface area contributed by atoms with Crippen LogP contribution >= 0.6 is 0 Å². The highest BCUT2D eigenvalue weighted by Gasteiger charge is 2.21. The molecular weight excluding hydrogens is 625 g/mol. The van der Waals surface area contributed by atoms with E-state index in [2.05, 4.69) is 116 Å². The first-order valence-corrected chi connectivity index (χ1v) is 17.2. The van der Waals surface area contributed by atoms with Crippen molar-refractivity contribution in [3.8, 4) is 56.2 Å². The van der Waals surface area contributed by atoms with E-state index in [9.17, 15) is 0 Å². The molecule has 0 aliphatic carbocycles. The second kappa shape index (κ2) is 11.7. The minimum Gasteiger partial charge on any atom is -0.456 e. The third-order valence-corrected chi connectivity index (χ3v) is 9.90. The van der Waals surface area contributed by atoms with Gasteiger partial charge in [0.2, 0.25) is 0 Å². The number of rotatable bonds is 5. The van der Waals surface area contributed by atoms with Gasteiger partial charge in [0, 0.05) is 49.4 Å². The van der Waals surface area contributed by atoms with Crippen molar-refractivity contribution < 1.29 is 8.83 Å². The van der Waals surface area contributed by atoms with Gasteiger partial charge >= 0.3 is 0 Å². The first-order chi connectivity index (χ1) is 25.2. The van der Waals surface area contributed by atoms with E-state index in [4.69, 9.17) is 18.8 Å². The number of hydrogen-bond acceptors (Lipinski definition) is 4. The third-order valence-electron chi connectivity index (χ3n) is 9.90. The summed E-state index contributed by atoms with van der Waals surface area (Å²) in [6, 6.07) is 56.4. The summed E-state index contributed by atoms with van der Waals surface area (Å²) in [6.45, 7) is 2.10. The van der Waals surface area contributed by atoms with E-state index in [0.29, 0.717) is 5.82 Å². The second-order valence-electron chi connectivity index (χ2n) is 12.9. The fourth-order valence-electron chi connectivity index (χ4n) is 7.49. The van der Waals surface area contributed by atoms with Gasteiger partial charge < -0.3 is 8.83 Å². The number of furan rings is 2. The molecule has 240 valence electrons. The maximum atomic E-state index is 6.68. The predicted octanol–water partition coefficient (Wildman–Crippen LogP) is 12.9. The van der Waals surface area contributed by atoms with Crippen molar-refractivity contribution in [2.75, 3.05) is 0 Å². The lowest BCUT2D eigenvalue weighted by atomic mass is 9.92. The molecule has 0 fully saturated rings. The molecule has 0 amide bonds. The molecule has 0 aliphatic rings. The zero-order valence-corrected chi connectivity index (χ0v) is 27.8. The minimum absolute atomic E-state index is 0.691. The molecule has 7 aromatic carbocycles. The SMILES string of the molecule is Cc1c(-c2ccccc2)nc(-c2ccccc2)nc1-c1ccc2c(c1)oc1cccc(-c3ccc(-c4ccccc4)c4c3oc3ccccc34)c12. The Bertz CT molecular complexity index is 2910. The van der Waals surface area contributed by atoms with Crippen LogP contribution in [0, 0.1) is 6.92 Å². The largest absolute Gasteiger partial charge is 0.456 e. The van der Waals surface area contributed by atoms with E-state index in [1.807, 2.05) is 54.6 Å². The maximum Gasteiger partial charge on any atom is 0.160 e. The fourth-order valence-corrected chi connectivity index (χ4v) is 7.49. The molecular formula is C47H30N2O2. The summed E-state index contributed by atoms with van der Waals surface area (Å²) < 4.78 is 13.3. The summed E-state index contributed by atoms with van der Waals surface area (Å²) in [5.41, 5.74) is 13.6. The van der Waals surface area contributed by atoms with E-state index >= 15 is 0 Å². The van der Waals surface area contributed by atoms with Crippen LogP contribution in [-0.4, -0.2) is 9.97 Å². The summed E-state index contributed by atoms with van der Waals surface area (Å²) in [6.07, 6.45) is 0. The first-order valence-electron chi connectivity index (χ1n) is 17.2. The van der Waals surface area contributed by atoms with E-state index < -0.39 is 0 Å². The molecule has 4 nitrogen and oxygen atoms in total. The van der Waals surface area contributed by atoms with Crippen LogP contribution in [0.2, 0.25) is 0 Å². The Morgan fingerprint density at radius 2 is 1.00 bits per heavy atom. The smallest absolute Gasteiger partial charge is 0.160 e. The van der Waals surface area contributed by atoms with Crippen LogP contribution in [0.5, 0.6) is 0 Å². The average Bonchev–Trinajstić information content (AvgIpc) is 3.77. The third kappa shape index (κ3) is 4.76. The zero-order chi connectivity index (χ0) is 33.9. The number of fused-ring (bicyclic) bond motifs is 6. The van der Waals surface area contributed by atoms with Crippen LogP contribution in [0.25, 0.3) is 100 Å². The summed E-state index contributed by atoms with van der Waals surface area (Å²) in [4.78, 5) is 10.2. The molecule has 4 heteroatoms. The molecule has 10 rings (SSSR count). The lowest BCUT2D eigenvalue weighted by molar-refractivity contribution is 0.669. The highest BCUT2D eigenvalue weighted by molar-refractivity contribution is 6.20. The van der Waals surface area contributed by atoms with Gasteiger partial charge in [-0.25, -0.2) is 9.97 Å². The number of para-hydroxylation sites is 1.